The molecule has 6 nitrogen and oxygen atoms in total. The number of ether oxygens (including phenoxy) is 1. The molecule has 2 aromatic heterocycles. The van der Waals surface area contributed by atoms with Gasteiger partial charge < -0.3 is 9.72 Å². The van der Waals surface area contributed by atoms with Gasteiger partial charge in [0.1, 0.15) is 10.5 Å². The summed E-state index contributed by atoms with van der Waals surface area (Å²) in [6.45, 7) is 4.18. The van der Waals surface area contributed by atoms with Gasteiger partial charge in [0, 0.05) is 37.5 Å². The molecule has 21 heavy (non-hydrogen) atoms. The summed E-state index contributed by atoms with van der Waals surface area (Å²) in [5.74, 6) is 0.281. The number of hydrogen-bond acceptors (Lipinski definition) is 4. The summed E-state index contributed by atoms with van der Waals surface area (Å²) in [4.78, 5) is 7.37. The number of H-pyrrole nitrogens is 1. The zero-order chi connectivity index (χ0) is 14.9. The van der Waals surface area contributed by atoms with E-state index in [1.165, 1.54) is 10.5 Å². The highest BCUT2D eigenvalue weighted by molar-refractivity contribution is 7.89. The fraction of sp³-hybridized carbons (Fsp3) is 0.500. The Balaban J connectivity index is 1.93. The highest BCUT2D eigenvalue weighted by Crippen LogP contribution is 2.26. The van der Waals surface area contributed by atoms with Crippen LogP contribution in [0.5, 0.6) is 0 Å². The van der Waals surface area contributed by atoms with Gasteiger partial charge in [-0.25, -0.2) is 13.4 Å². The van der Waals surface area contributed by atoms with Crippen LogP contribution in [-0.2, 0) is 14.8 Å². The number of rotatable bonds is 5. The first-order chi connectivity index (χ1) is 10.1. The fourth-order valence-electron chi connectivity index (χ4n) is 2.70. The number of hydrogen-bond donors (Lipinski definition) is 1. The van der Waals surface area contributed by atoms with Crippen molar-refractivity contribution in [3.63, 3.8) is 0 Å². The lowest BCUT2D eigenvalue weighted by Gasteiger charge is -2.22. The molecule has 3 rings (SSSR count). The normalized spacial score (nSPS) is 19.6. The van der Waals surface area contributed by atoms with E-state index < -0.39 is 10.0 Å². The Bertz CT molecular complexity index is 720. The molecule has 1 N–H and O–H groups in total. The molecule has 114 valence electrons. The third-order valence-electron chi connectivity index (χ3n) is 3.87. The standard InChI is InChI=1S/C14H19N3O3S/c1-2-17(9-11-5-7-20-10-11)21(18,19)13-8-16-14-12(13)4-3-6-15-14/h3-4,6,8,11H,2,5,7,9-10H2,1H3,(H,15,16)/t11-/m0/s1. The van der Waals surface area contributed by atoms with Crippen molar-refractivity contribution >= 4 is 21.1 Å². The second kappa shape index (κ2) is 5.75. The molecule has 0 aliphatic carbocycles. The molecular weight excluding hydrogens is 290 g/mol. The number of nitrogens with zero attached hydrogens (tertiary/aromatic N) is 2. The van der Waals surface area contributed by atoms with E-state index in [0.29, 0.717) is 35.6 Å². The molecule has 1 aliphatic rings. The molecule has 1 atom stereocenters. The summed E-state index contributed by atoms with van der Waals surface area (Å²) in [6, 6.07) is 3.52. The zero-order valence-electron chi connectivity index (χ0n) is 11.9. The Morgan fingerprint density at radius 2 is 2.38 bits per heavy atom. The maximum absolute atomic E-state index is 12.9. The number of sulfonamides is 1. The Morgan fingerprint density at radius 3 is 3.10 bits per heavy atom. The molecule has 1 aliphatic heterocycles. The molecule has 1 fully saturated rings. The molecule has 0 spiro atoms. The van der Waals surface area contributed by atoms with Crippen molar-refractivity contribution in [1.82, 2.24) is 14.3 Å². The highest BCUT2D eigenvalue weighted by atomic mass is 32.2. The first-order valence-electron chi connectivity index (χ1n) is 7.13. The average Bonchev–Trinajstić information content (AvgIpc) is 3.13. The lowest BCUT2D eigenvalue weighted by Crippen LogP contribution is -2.35. The minimum absolute atomic E-state index is 0.281. The molecule has 0 aromatic carbocycles. The number of fused-ring (bicyclic) bond motifs is 1. The Hall–Kier alpha value is -1.44. The predicted octanol–water partition coefficient (Wildman–Crippen LogP) is 1.61. The molecule has 0 amide bonds. The van der Waals surface area contributed by atoms with E-state index >= 15 is 0 Å². The van der Waals surface area contributed by atoms with E-state index in [-0.39, 0.29) is 5.92 Å². The SMILES string of the molecule is CCN(C[C@@H]1CCOC1)S(=O)(=O)c1c[nH]c2ncccc12. The Kier molecular flexibility index (Phi) is 3.97. The fourth-order valence-corrected chi connectivity index (χ4v) is 4.37. The zero-order valence-corrected chi connectivity index (χ0v) is 12.8. The van der Waals surface area contributed by atoms with Gasteiger partial charge in [-0.1, -0.05) is 6.92 Å². The van der Waals surface area contributed by atoms with Crippen LogP contribution in [0.2, 0.25) is 0 Å². The van der Waals surface area contributed by atoms with Crippen molar-refractivity contribution in [3.05, 3.63) is 24.5 Å². The van der Waals surface area contributed by atoms with Crippen LogP contribution in [0.25, 0.3) is 11.0 Å². The summed E-state index contributed by atoms with van der Waals surface area (Å²) in [6.07, 6.45) is 4.09. The van der Waals surface area contributed by atoms with Crippen LogP contribution in [0.3, 0.4) is 0 Å². The molecule has 0 saturated carbocycles. The van der Waals surface area contributed by atoms with Crippen molar-refractivity contribution in [2.75, 3.05) is 26.3 Å². The van der Waals surface area contributed by atoms with Crippen LogP contribution in [0.1, 0.15) is 13.3 Å². The molecule has 1 saturated heterocycles. The largest absolute Gasteiger partial charge is 0.381 e. The maximum atomic E-state index is 12.9. The van der Waals surface area contributed by atoms with Crippen molar-refractivity contribution in [2.45, 2.75) is 18.2 Å². The van der Waals surface area contributed by atoms with Gasteiger partial charge in [-0.05, 0) is 24.5 Å². The molecule has 0 radical (unpaired) electrons. The van der Waals surface area contributed by atoms with E-state index in [0.717, 1.165) is 13.0 Å². The lowest BCUT2D eigenvalue weighted by atomic mass is 10.1. The van der Waals surface area contributed by atoms with E-state index in [2.05, 4.69) is 9.97 Å². The van der Waals surface area contributed by atoms with Crippen LogP contribution < -0.4 is 0 Å². The first-order valence-corrected chi connectivity index (χ1v) is 8.57. The quantitative estimate of drug-likeness (QED) is 0.910. The minimum atomic E-state index is -3.52. The van der Waals surface area contributed by atoms with E-state index in [1.807, 2.05) is 6.92 Å². The second-order valence-corrected chi connectivity index (χ2v) is 7.14. The molecule has 0 unspecified atom stereocenters. The van der Waals surface area contributed by atoms with Gasteiger partial charge in [-0.2, -0.15) is 4.31 Å². The van der Waals surface area contributed by atoms with Crippen LogP contribution in [0, 0.1) is 5.92 Å². The van der Waals surface area contributed by atoms with Gasteiger partial charge in [0.2, 0.25) is 10.0 Å². The third kappa shape index (κ3) is 2.68. The minimum Gasteiger partial charge on any atom is -0.381 e. The van der Waals surface area contributed by atoms with E-state index in [4.69, 9.17) is 4.74 Å². The van der Waals surface area contributed by atoms with Crippen molar-refractivity contribution in [3.8, 4) is 0 Å². The van der Waals surface area contributed by atoms with Crippen molar-refractivity contribution in [2.24, 2.45) is 5.92 Å². The topological polar surface area (TPSA) is 75.3 Å². The number of aromatic nitrogens is 2. The lowest BCUT2D eigenvalue weighted by molar-refractivity contribution is 0.181. The van der Waals surface area contributed by atoms with Gasteiger partial charge in [0.15, 0.2) is 0 Å². The van der Waals surface area contributed by atoms with Crippen LogP contribution >= 0.6 is 0 Å². The molecule has 0 bridgehead atoms. The Morgan fingerprint density at radius 1 is 1.52 bits per heavy atom. The predicted molar refractivity (Wildman–Crippen MR) is 79.5 cm³/mol. The summed E-state index contributed by atoms with van der Waals surface area (Å²) in [5, 5.41) is 0.638. The first kappa shape index (κ1) is 14.5. The highest BCUT2D eigenvalue weighted by Gasteiger charge is 2.29. The number of pyridine rings is 1. The smallest absolute Gasteiger partial charge is 0.245 e. The second-order valence-electron chi connectivity index (χ2n) is 5.24. The van der Waals surface area contributed by atoms with E-state index in [1.54, 1.807) is 18.3 Å². The average molecular weight is 309 g/mol. The molecule has 3 heterocycles. The maximum Gasteiger partial charge on any atom is 0.245 e. The van der Waals surface area contributed by atoms with Crippen molar-refractivity contribution < 1.29 is 13.2 Å². The van der Waals surface area contributed by atoms with Gasteiger partial charge in [0.25, 0.3) is 0 Å². The summed E-state index contributed by atoms with van der Waals surface area (Å²) < 4.78 is 32.6. The summed E-state index contributed by atoms with van der Waals surface area (Å²) >= 11 is 0. The Labute approximate surface area is 124 Å². The molecular formula is C14H19N3O3S. The van der Waals surface area contributed by atoms with Gasteiger partial charge in [-0.3, -0.25) is 0 Å². The monoisotopic (exact) mass is 309 g/mol. The molecule has 2 aromatic rings. The van der Waals surface area contributed by atoms with Gasteiger partial charge >= 0.3 is 0 Å². The third-order valence-corrected chi connectivity index (χ3v) is 5.85. The number of aromatic amines is 1. The van der Waals surface area contributed by atoms with Crippen LogP contribution in [0.4, 0.5) is 0 Å². The van der Waals surface area contributed by atoms with Crippen LogP contribution in [-0.4, -0.2) is 49.0 Å². The number of nitrogens with one attached hydrogen (secondary N) is 1. The van der Waals surface area contributed by atoms with E-state index in [9.17, 15) is 8.42 Å². The van der Waals surface area contributed by atoms with Crippen molar-refractivity contribution in [1.29, 1.82) is 0 Å². The van der Waals surface area contributed by atoms with Gasteiger partial charge in [-0.15, -0.1) is 0 Å². The molecule has 7 heteroatoms. The summed E-state index contributed by atoms with van der Waals surface area (Å²) in [7, 11) is -3.52. The van der Waals surface area contributed by atoms with Crippen LogP contribution in [0.15, 0.2) is 29.4 Å². The van der Waals surface area contributed by atoms with Gasteiger partial charge in [0.05, 0.1) is 6.61 Å². The summed E-state index contributed by atoms with van der Waals surface area (Å²) in [5.41, 5.74) is 0.594.